The van der Waals surface area contributed by atoms with Gasteiger partial charge in [0.2, 0.25) is 0 Å². The number of hydrogen-bond donors (Lipinski definition) is 1. The van der Waals surface area contributed by atoms with Crippen LogP contribution < -0.4 is 0 Å². The third-order valence-corrected chi connectivity index (χ3v) is 3.67. The number of nitrogens with zero attached hydrogens (tertiary/aromatic N) is 2. The molecule has 1 aromatic carbocycles. The Morgan fingerprint density at radius 1 is 1.32 bits per heavy atom. The summed E-state index contributed by atoms with van der Waals surface area (Å²) in [5.74, 6) is -0.724. The molecular formula is C15H16N2O2. The number of carbonyl (C=O) groups is 1. The van der Waals surface area contributed by atoms with Crippen LogP contribution >= 0.6 is 0 Å². The van der Waals surface area contributed by atoms with Gasteiger partial charge in [-0.1, -0.05) is 24.3 Å². The lowest BCUT2D eigenvalue weighted by molar-refractivity contribution is -0.142. The van der Waals surface area contributed by atoms with E-state index in [1.54, 1.807) is 0 Å². The smallest absolute Gasteiger partial charge is 0.320 e. The molecular weight excluding hydrogens is 240 g/mol. The van der Waals surface area contributed by atoms with Gasteiger partial charge in [0, 0.05) is 11.9 Å². The molecule has 0 radical (unpaired) electrons. The first-order valence-electron chi connectivity index (χ1n) is 6.55. The standard InChI is InChI=1S/C15H16N2O2/c18-15(19)14-6-3-9-17(14)10-12-8-7-11-4-1-2-5-13(11)16-12/h1-2,4-5,7-8,14H,3,6,9-10H2,(H,18,19). The number of para-hydroxylation sites is 1. The molecule has 1 atom stereocenters. The molecule has 1 unspecified atom stereocenters. The summed E-state index contributed by atoms with van der Waals surface area (Å²) in [6.07, 6.45) is 1.69. The van der Waals surface area contributed by atoms with Gasteiger partial charge < -0.3 is 5.11 Å². The third kappa shape index (κ3) is 2.44. The Hall–Kier alpha value is -1.94. The van der Waals surface area contributed by atoms with Gasteiger partial charge in [-0.05, 0) is 31.5 Å². The molecule has 1 saturated heterocycles. The maximum Gasteiger partial charge on any atom is 0.320 e. The predicted molar refractivity (Wildman–Crippen MR) is 72.8 cm³/mol. The Kier molecular flexibility index (Phi) is 3.17. The van der Waals surface area contributed by atoms with Crippen LogP contribution in [0.15, 0.2) is 36.4 Å². The monoisotopic (exact) mass is 256 g/mol. The number of likely N-dealkylation sites (tertiary alicyclic amines) is 1. The van der Waals surface area contributed by atoms with Crippen molar-refractivity contribution in [1.29, 1.82) is 0 Å². The van der Waals surface area contributed by atoms with E-state index in [0.29, 0.717) is 6.54 Å². The minimum Gasteiger partial charge on any atom is -0.480 e. The minimum absolute atomic E-state index is 0.353. The number of benzene rings is 1. The molecule has 0 aliphatic carbocycles. The highest BCUT2D eigenvalue weighted by Crippen LogP contribution is 2.20. The first kappa shape index (κ1) is 12.1. The summed E-state index contributed by atoms with van der Waals surface area (Å²) in [6, 6.07) is 11.6. The molecule has 2 heterocycles. The number of fused-ring (bicyclic) bond motifs is 1. The van der Waals surface area contributed by atoms with Gasteiger partial charge in [-0.25, -0.2) is 0 Å². The van der Waals surface area contributed by atoms with Crippen molar-refractivity contribution < 1.29 is 9.90 Å². The lowest BCUT2D eigenvalue weighted by atomic mass is 10.2. The first-order chi connectivity index (χ1) is 9.24. The van der Waals surface area contributed by atoms with Crippen molar-refractivity contribution in [2.75, 3.05) is 6.54 Å². The van der Waals surface area contributed by atoms with Gasteiger partial charge >= 0.3 is 5.97 Å². The average molecular weight is 256 g/mol. The maximum atomic E-state index is 11.2. The molecule has 1 aliphatic heterocycles. The Morgan fingerprint density at radius 2 is 2.16 bits per heavy atom. The van der Waals surface area contributed by atoms with Gasteiger partial charge in [0.1, 0.15) is 6.04 Å². The van der Waals surface area contributed by atoms with E-state index < -0.39 is 5.97 Å². The minimum atomic E-state index is -0.724. The quantitative estimate of drug-likeness (QED) is 0.915. The van der Waals surface area contributed by atoms with Gasteiger partial charge in [-0.15, -0.1) is 0 Å². The summed E-state index contributed by atoms with van der Waals surface area (Å²) in [5, 5.41) is 10.3. The molecule has 0 amide bonds. The average Bonchev–Trinajstić information content (AvgIpc) is 2.87. The summed E-state index contributed by atoms with van der Waals surface area (Å²) in [6.45, 7) is 1.45. The van der Waals surface area contributed by atoms with Crippen LogP contribution in [0.1, 0.15) is 18.5 Å². The van der Waals surface area contributed by atoms with E-state index in [9.17, 15) is 9.90 Å². The van der Waals surface area contributed by atoms with Gasteiger partial charge in [-0.3, -0.25) is 14.7 Å². The second kappa shape index (κ2) is 4.97. The van der Waals surface area contributed by atoms with Gasteiger partial charge in [0.15, 0.2) is 0 Å². The van der Waals surface area contributed by atoms with E-state index in [2.05, 4.69) is 4.98 Å². The highest BCUT2D eigenvalue weighted by Gasteiger charge is 2.30. The van der Waals surface area contributed by atoms with Crippen molar-refractivity contribution >= 4 is 16.9 Å². The third-order valence-electron chi connectivity index (χ3n) is 3.67. The predicted octanol–water partition coefficient (Wildman–Crippen LogP) is 2.28. The highest BCUT2D eigenvalue weighted by atomic mass is 16.4. The number of carboxylic acids is 1. The van der Waals surface area contributed by atoms with Crippen molar-refractivity contribution in [3.63, 3.8) is 0 Å². The zero-order valence-electron chi connectivity index (χ0n) is 10.6. The molecule has 4 heteroatoms. The molecule has 1 fully saturated rings. The van der Waals surface area contributed by atoms with E-state index in [4.69, 9.17) is 0 Å². The van der Waals surface area contributed by atoms with Gasteiger partial charge in [0.25, 0.3) is 0 Å². The van der Waals surface area contributed by atoms with Crippen molar-refractivity contribution in [3.05, 3.63) is 42.1 Å². The van der Waals surface area contributed by atoms with E-state index >= 15 is 0 Å². The summed E-state index contributed by atoms with van der Waals surface area (Å²) in [7, 11) is 0. The number of aliphatic carboxylic acids is 1. The van der Waals surface area contributed by atoms with Crippen LogP contribution in [0.3, 0.4) is 0 Å². The van der Waals surface area contributed by atoms with Crippen molar-refractivity contribution in [3.8, 4) is 0 Å². The molecule has 19 heavy (non-hydrogen) atoms. The topological polar surface area (TPSA) is 53.4 Å². The summed E-state index contributed by atoms with van der Waals surface area (Å²) < 4.78 is 0. The van der Waals surface area contributed by atoms with Crippen LogP contribution in [0, 0.1) is 0 Å². The fraction of sp³-hybridized carbons (Fsp3) is 0.333. The zero-order valence-corrected chi connectivity index (χ0v) is 10.6. The number of pyridine rings is 1. The fourth-order valence-electron chi connectivity index (χ4n) is 2.70. The van der Waals surface area contributed by atoms with Crippen LogP contribution in [0.5, 0.6) is 0 Å². The molecule has 1 aliphatic rings. The van der Waals surface area contributed by atoms with Crippen molar-refractivity contribution in [1.82, 2.24) is 9.88 Å². The summed E-state index contributed by atoms with van der Waals surface area (Å²) in [4.78, 5) is 17.7. The van der Waals surface area contributed by atoms with Crippen LogP contribution in [0.2, 0.25) is 0 Å². The van der Waals surface area contributed by atoms with Gasteiger partial charge in [-0.2, -0.15) is 0 Å². The fourth-order valence-corrected chi connectivity index (χ4v) is 2.70. The first-order valence-corrected chi connectivity index (χ1v) is 6.55. The number of hydrogen-bond acceptors (Lipinski definition) is 3. The van der Waals surface area contributed by atoms with Crippen molar-refractivity contribution in [2.24, 2.45) is 0 Å². The second-order valence-electron chi connectivity index (χ2n) is 4.96. The SMILES string of the molecule is O=C(O)C1CCCN1Cc1ccc2ccccc2n1. The number of carboxylic acid groups (broad SMARTS) is 1. The van der Waals surface area contributed by atoms with E-state index in [1.807, 2.05) is 41.3 Å². The van der Waals surface area contributed by atoms with Crippen LogP contribution in [-0.2, 0) is 11.3 Å². The van der Waals surface area contributed by atoms with E-state index in [0.717, 1.165) is 36.0 Å². The van der Waals surface area contributed by atoms with Gasteiger partial charge in [0.05, 0.1) is 11.2 Å². The number of rotatable bonds is 3. The van der Waals surface area contributed by atoms with Crippen LogP contribution in [0.4, 0.5) is 0 Å². The summed E-state index contributed by atoms with van der Waals surface area (Å²) >= 11 is 0. The van der Waals surface area contributed by atoms with Crippen LogP contribution in [0.25, 0.3) is 10.9 Å². The second-order valence-corrected chi connectivity index (χ2v) is 4.96. The summed E-state index contributed by atoms with van der Waals surface area (Å²) in [5.41, 5.74) is 1.90. The maximum absolute atomic E-state index is 11.2. The number of aromatic nitrogens is 1. The molecule has 98 valence electrons. The Morgan fingerprint density at radius 3 is 3.00 bits per heavy atom. The lowest BCUT2D eigenvalue weighted by Crippen LogP contribution is -2.35. The normalized spacial score (nSPS) is 19.9. The van der Waals surface area contributed by atoms with Crippen molar-refractivity contribution in [2.45, 2.75) is 25.4 Å². The largest absolute Gasteiger partial charge is 0.480 e. The molecule has 0 saturated carbocycles. The molecule has 1 N–H and O–H groups in total. The zero-order chi connectivity index (χ0) is 13.2. The molecule has 0 spiro atoms. The molecule has 0 bridgehead atoms. The molecule has 1 aromatic heterocycles. The molecule has 2 aromatic rings. The molecule has 3 rings (SSSR count). The Bertz CT molecular complexity index is 612. The molecule has 4 nitrogen and oxygen atoms in total. The lowest BCUT2D eigenvalue weighted by Gasteiger charge is -2.20. The van der Waals surface area contributed by atoms with Crippen LogP contribution in [-0.4, -0.2) is 33.5 Å². The highest BCUT2D eigenvalue weighted by molar-refractivity contribution is 5.78. The van der Waals surface area contributed by atoms with E-state index in [1.165, 1.54) is 0 Å². The Balaban J connectivity index is 1.83. The van der Waals surface area contributed by atoms with E-state index in [-0.39, 0.29) is 6.04 Å². The Labute approximate surface area is 111 Å².